The standard InChI is InChI=1S/C20H31N3O/c1-3-16-10-13-23(17-8-11-21-12-9-17)14-19(16)22-20(24)18-7-5-4-6-15(18)2/h4-7,16-17,19,21H,3,8-14H2,1-2H3,(H,22,24)/t16-,19?/m1/s1. The number of hydrogen-bond acceptors (Lipinski definition) is 3. The molecule has 3 rings (SSSR count). The smallest absolute Gasteiger partial charge is 0.251 e. The van der Waals surface area contributed by atoms with Crippen molar-refractivity contribution in [2.24, 2.45) is 5.92 Å². The molecule has 1 amide bonds. The van der Waals surface area contributed by atoms with Gasteiger partial charge in [0.2, 0.25) is 0 Å². The van der Waals surface area contributed by atoms with E-state index in [0.29, 0.717) is 12.0 Å². The molecule has 0 aromatic heterocycles. The first-order valence-corrected chi connectivity index (χ1v) is 9.50. The fourth-order valence-corrected chi connectivity index (χ4v) is 4.26. The number of aryl methyl sites for hydroxylation is 1. The lowest BCUT2D eigenvalue weighted by Gasteiger charge is -2.43. The fourth-order valence-electron chi connectivity index (χ4n) is 4.26. The average molecular weight is 329 g/mol. The molecule has 0 radical (unpaired) electrons. The van der Waals surface area contributed by atoms with Gasteiger partial charge in [0.25, 0.3) is 5.91 Å². The van der Waals surface area contributed by atoms with Gasteiger partial charge in [-0.2, -0.15) is 0 Å². The normalized spacial score (nSPS) is 26.2. The third kappa shape index (κ3) is 3.98. The Balaban J connectivity index is 1.66. The van der Waals surface area contributed by atoms with Crippen LogP contribution in [0.3, 0.4) is 0 Å². The van der Waals surface area contributed by atoms with Crippen LogP contribution in [0, 0.1) is 12.8 Å². The number of likely N-dealkylation sites (tertiary alicyclic amines) is 1. The van der Waals surface area contributed by atoms with Crippen LogP contribution in [0.1, 0.15) is 48.5 Å². The molecule has 2 aliphatic heterocycles. The lowest BCUT2D eigenvalue weighted by Crippen LogP contribution is -2.56. The highest BCUT2D eigenvalue weighted by atomic mass is 16.1. The molecule has 2 heterocycles. The van der Waals surface area contributed by atoms with Crippen molar-refractivity contribution in [2.45, 2.75) is 51.6 Å². The van der Waals surface area contributed by atoms with E-state index in [1.807, 2.05) is 31.2 Å². The number of rotatable bonds is 4. The van der Waals surface area contributed by atoms with Crippen LogP contribution in [0.25, 0.3) is 0 Å². The van der Waals surface area contributed by atoms with Crippen molar-refractivity contribution in [1.29, 1.82) is 0 Å². The number of carbonyl (C=O) groups excluding carboxylic acids is 1. The lowest BCUT2D eigenvalue weighted by atomic mass is 9.87. The largest absolute Gasteiger partial charge is 0.348 e. The van der Waals surface area contributed by atoms with Crippen LogP contribution < -0.4 is 10.6 Å². The third-order valence-corrected chi connectivity index (χ3v) is 5.84. The molecule has 2 aliphatic rings. The fraction of sp³-hybridized carbons (Fsp3) is 0.650. The zero-order chi connectivity index (χ0) is 16.9. The summed E-state index contributed by atoms with van der Waals surface area (Å²) in [5, 5.41) is 6.80. The number of piperidine rings is 2. The third-order valence-electron chi connectivity index (χ3n) is 5.84. The lowest BCUT2D eigenvalue weighted by molar-refractivity contribution is 0.0693. The van der Waals surface area contributed by atoms with Crippen molar-refractivity contribution < 1.29 is 4.79 Å². The molecule has 0 spiro atoms. The highest BCUT2D eigenvalue weighted by Crippen LogP contribution is 2.25. The Kier molecular flexibility index (Phi) is 5.90. The van der Waals surface area contributed by atoms with E-state index in [1.54, 1.807) is 0 Å². The molecule has 2 saturated heterocycles. The number of benzene rings is 1. The minimum Gasteiger partial charge on any atom is -0.348 e. The zero-order valence-corrected chi connectivity index (χ0v) is 15.1. The summed E-state index contributed by atoms with van der Waals surface area (Å²) in [6, 6.07) is 8.82. The van der Waals surface area contributed by atoms with Crippen molar-refractivity contribution in [3.63, 3.8) is 0 Å². The number of nitrogens with zero attached hydrogens (tertiary/aromatic N) is 1. The summed E-state index contributed by atoms with van der Waals surface area (Å²) >= 11 is 0. The Morgan fingerprint density at radius 3 is 2.71 bits per heavy atom. The van der Waals surface area contributed by atoms with Crippen LogP contribution in [-0.2, 0) is 0 Å². The quantitative estimate of drug-likeness (QED) is 0.892. The number of carbonyl (C=O) groups is 1. The molecule has 2 fully saturated rings. The van der Waals surface area contributed by atoms with Crippen molar-refractivity contribution in [2.75, 3.05) is 26.2 Å². The molecule has 0 bridgehead atoms. The molecule has 1 unspecified atom stereocenters. The minimum atomic E-state index is 0.0868. The summed E-state index contributed by atoms with van der Waals surface area (Å²) in [4.78, 5) is 15.4. The molecule has 2 N–H and O–H groups in total. The number of nitrogens with one attached hydrogen (secondary N) is 2. The monoisotopic (exact) mass is 329 g/mol. The van der Waals surface area contributed by atoms with E-state index >= 15 is 0 Å². The Labute approximate surface area is 146 Å². The average Bonchev–Trinajstić information content (AvgIpc) is 2.62. The minimum absolute atomic E-state index is 0.0868. The first kappa shape index (κ1) is 17.4. The van der Waals surface area contributed by atoms with Crippen LogP contribution in [0.5, 0.6) is 0 Å². The van der Waals surface area contributed by atoms with E-state index in [4.69, 9.17) is 0 Å². The molecule has 132 valence electrons. The Morgan fingerprint density at radius 1 is 1.25 bits per heavy atom. The predicted octanol–water partition coefficient (Wildman–Crippen LogP) is 2.58. The van der Waals surface area contributed by atoms with Crippen molar-refractivity contribution in [1.82, 2.24) is 15.5 Å². The first-order valence-electron chi connectivity index (χ1n) is 9.50. The molecule has 24 heavy (non-hydrogen) atoms. The van der Waals surface area contributed by atoms with E-state index in [9.17, 15) is 4.79 Å². The summed E-state index contributed by atoms with van der Waals surface area (Å²) in [6.07, 6.45) is 4.79. The van der Waals surface area contributed by atoms with E-state index in [-0.39, 0.29) is 11.9 Å². The Bertz CT molecular complexity index is 554. The van der Waals surface area contributed by atoms with E-state index in [2.05, 4.69) is 22.5 Å². The molecular formula is C20H31N3O. The van der Waals surface area contributed by atoms with Gasteiger partial charge in [-0.15, -0.1) is 0 Å². The second-order valence-electron chi connectivity index (χ2n) is 7.33. The molecule has 0 saturated carbocycles. The van der Waals surface area contributed by atoms with Crippen LogP contribution in [0.4, 0.5) is 0 Å². The first-order chi connectivity index (χ1) is 11.7. The van der Waals surface area contributed by atoms with Gasteiger partial charge in [-0.05, 0) is 63.4 Å². The van der Waals surface area contributed by atoms with E-state index in [0.717, 1.165) is 37.2 Å². The summed E-state index contributed by atoms with van der Waals surface area (Å²) in [6.45, 7) is 8.68. The van der Waals surface area contributed by atoms with Crippen molar-refractivity contribution >= 4 is 5.91 Å². The maximum Gasteiger partial charge on any atom is 0.251 e. The van der Waals surface area contributed by atoms with Gasteiger partial charge in [-0.1, -0.05) is 31.5 Å². The SMILES string of the molecule is CC[C@@H]1CCN(C2CCNCC2)CC1NC(=O)c1ccccc1C. The molecule has 1 aromatic rings. The maximum absolute atomic E-state index is 12.7. The van der Waals surface area contributed by atoms with Gasteiger partial charge >= 0.3 is 0 Å². The van der Waals surface area contributed by atoms with Gasteiger partial charge in [0, 0.05) is 24.2 Å². The molecular weight excluding hydrogens is 298 g/mol. The Morgan fingerprint density at radius 2 is 2.00 bits per heavy atom. The van der Waals surface area contributed by atoms with E-state index in [1.165, 1.54) is 25.8 Å². The topological polar surface area (TPSA) is 44.4 Å². The molecule has 2 atom stereocenters. The van der Waals surface area contributed by atoms with Gasteiger partial charge < -0.3 is 10.6 Å². The summed E-state index contributed by atoms with van der Waals surface area (Å²) in [7, 11) is 0. The van der Waals surface area contributed by atoms with Gasteiger partial charge in [0.1, 0.15) is 0 Å². The zero-order valence-electron chi connectivity index (χ0n) is 15.1. The van der Waals surface area contributed by atoms with Gasteiger partial charge in [0.05, 0.1) is 0 Å². The maximum atomic E-state index is 12.7. The summed E-state index contributed by atoms with van der Waals surface area (Å²) in [5.74, 6) is 0.680. The highest BCUT2D eigenvalue weighted by Gasteiger charge is 2.33. The molecule has 4 nitrogen and oxygen atoms in total. The summed E-state index contributed by atoms with van der Waals surface area (Å²) < 4.78 is 0. The Hall–Kier alpha value is -1.39. The number of amides is 1. The van der Waals surface area contributed by atoms with Crippen LogP contribution in [0.15, 0.2) is 24.3 Å². The molecule has 4 heteroatoms. The van der Waals surface area contributed by atoms with Crippen molar-refractivity contribution in [3.05, 3.63) is 35.4 Å². The van der Waals surface area contributed by atoms with Gasteiger partial charge in [-0.3, -0.25) is 9.69 Å². The predicted molar refractivity (Wildman–Crippen MR) is 98.3 cm³/mol. The van der Waals surface area contributed by atoms with Crippen LogP contribution in [0.2, 0.25) is 0 Å². The van der Waals surface area contributed by atoms with Crippen LogP contribution >= 0.6 is 0 Å². The van der Waals surface area contributed by atoms with Crippen molar-refractivity contribution in [3.8, 4) is 0 Å². The van der Waals surface area contributed by atoms with Crippen LogP contribution in [-0.4, -0.2) is 49.1 Å². The van der Waals surface area contributed by atoms with Gasteiger partial charge in [0.15, 0.2) is 0 Å². The molecule has 1 aromatic carbocycles. The second kappa shape index (κ2) is 8.13. The summed E-state index contributed by atoms with van der Waals surface area (Å²) in [5.41, 5.74) is 1.86. The number of hydrogen-bond donors (Lipinski definition) is 2. The molecule has 0 aliphatic carbocycles. The van der Waals surface area contributed by atoms with Gasteiger partial charge in [-0.25, -0.2) is 0 Å². The second-order valence-corrected chi connectivity index (χ2v) is 7.33. The van der Waals surface area contributed by atoms with E-state index < -0.39 is 0 Å². The highest BCUT2D eigenvalue weighted by molar-refractivity contribution is 5.95.